The van der Waals surface area contributed by atoms with E-state index in [0.29, 0.717) is 12.5 Å². The van der Waals surface area contributed by atoms with Crippen molar-refractivity contribution in [3.05, 3.63) is 65.7 Å². The van der Waals surface area contributed by atoms with Gasteiger partial charge in [0.1, 0.15) is 0 Å². The Morgan fingerprint density at radius 2 is 1.64 bits per heavy atom. The van der Waals surface area contributed by atoms with Gasteiger partial charge in [-0.1, -0.05) is 56.3 Å². The summed E-state index contributed by atoms with van der Waals surface area (Å²) in [5.41, 5.74) is 2.08. The average Bonchev–Trinajstić information content (AvgIpc) is 2.61. The Kier molecular flexibility index (Phi) is 6.73. The molecule has 2 aromatic rings. The van der Waals surface area contributed by atoms with Crippen molar-refractivity contribution in [2.75, 3.05) is 6.54 Å². The van der Waals surface area contributed by atoms with Crippen molar-refractivity contribution in [3.8, 4) is 0 Å². The maximum atomic E-state index is 12.2. The van der Waals surface area contributed by atoms with E-state index in [1.54, 1.807) is 12.1 Å². The average molecular weight is 360 g/mol. The molecule has 0 aliphatic rings. The molecule has 2 aromatic carbocycles. The Bertz CT molecular complexity index is 785. The maximum absolute atomic E-state index is 12.2. The molecule has 5 nitrogen and oxygen atoms in total. The first-order valence-corrected chi connectivity index (χ1v) is 9.77. The van der Waals surface area contributed by atoms with E-state index in [1.807, 2.05) is 42.5 Å². The van der Waals surface area contributed by atoms with Crippen molar-refractivity contribution in [1.29, 1.82) is 0 Å². The van der Waals surface area contributed by atoms with E-state index in [4.69, 9.17) is 0 Å². The van der Waals surface area contributed by atoms with E-state index in [0.717, 1.165) is 11.1 Å². The van der Waals surface area contributed by atoms with Gasteiger partial charge in [0.05, 0.1) is 4.90 Å². The molecule has 0 aliphatic carbocycles. The minimum Gasteiger partial charge on any atom is -0.352 e. The number of amides is 1. The van der Waals surface area contributed by atoms with Crippen LogP contribution in [0.2, 0.25) is 0 Å². The van der Waals surface area contributed by atoms with Crippen LogP contribution in [0.25, 0.3) is 0 Å². The van der Waals surface area contributed by atoms with E-state index < -0.39 is 10.0 Å². The van der Waals surface area contributed by atoms with Gasteiger partial charge >= 0.3 is 0 Å². The van der Waals surface area contributed by atoms with Gasteiger partial charge in [-0.15, -0.1) is 0 Å². The molecule has 0 spiro atoms. The molecular weight excluding hydrogens is 336 g/mol. The first-order chi connectivity index (χ1) is 11.9. The number of hydrogen-bond acceptors (Lipinski definition) is 3. The minimum atomic E-state index is -3.60. The van der Waals surface area contributed by atoms with Crippen molar-refractivity contribution in [2.45, 2.75) is 37.6 Å². The summed E-state index contributed by atoms with van der Waals surface area (Å²) in [7, 11) is -3.60. The van der Waals surface area contributed by atoms with E-state index in [2.05, 4.69) is 23.9 Å². The molecule has 0 radical (unpaired) electrons. The SMILES string of the molecule is CC(C)c1ccc(S(=O)(=O)NCCC(=O)NCc2ccccc2)cc1. The molecule has 0 saturated heterocycles. The Balaban J connectivity index is 1.80. The van der Waals surface area contributed by atoms with Crippen LogP contribution >= 0.6 is 0 Å². The Morgan fingerprint density at radius 1 is 1.00 bits per heavy atom. The smallest absolute Gasteiger partial charge is 0.240 e. The minimum absolute atomic E-state index is 0.0644. The van der Waals surface area contributed by atoms with Gasteiger partial charge in [-0.3, -0.25) is 4.79 Å². The zero-order valence-corrected chi connectivity index (χ0v) is 15.3. The molecule has 0 atom stereocenters. The summed E-state index contributed by atoms with van der Waals surface area (Å²) in [6, 6.07) is 16.4. The fourth-order valence-corrected chi connectivity index (χ4v) is 3.33. The number of rotatable bonds is 8. The zero-order valence-electron chi connectivity index (χ0n) is 14.5. The molecule has 2 N–H and O–H groups in total. The lowest BCUT2D eigenvalue weighted by molar-refractivity contribution is -0.121. The molecule has 0 fully saturated rings. The van der Waals surface area contributed by atoms with Crippen LogP contribution in [-0.2, 0) is 21.4 Å². The lowest BCUT2D eigenvalue weighted by Crippen LogP contribution is -2.30. The number of carbonyl (C=O) groups is 1. The second-order valence-electron chi connectivity index (χ2n) is 6.13. The van der Waals surface area contributed by atoms with Crippen LogP contribution in [0, 0.1) is 0 Å². The Morgan fingerprint density at radius 3 is 2.24 bits per heavy atom. The van der Waals surface area contributed by atoms with Crippen LogP contribution in [0.1, 0.15) is 37.3 Å². The molecule has 0 heterocycles. The number of carbonyl (C=O) groups excluding carboxylic acids is 1. The summed E-state index contributed by atoms with van der Waals surface area (Å²) in [4.78, 5) is 12.0. The van der Waals surface area contributed by atoms with Crippen molar-refractivity contribution in [3.63, 3.8) is 0 Å². The molecule has 2 rings (SSSR count). The summed E-state index contributed by atoms with van der Waals surface area (Å²) in [5.74, 6) is 0.153. The third kappa shape index (κ3) is 5.99. The topological polar surface area (TPSA) is 75.3 Å². The van der Waals surface area contributed by atoms with Crippen molar-refractivity contribution in [1.82, 2.24) is 10.0 Å². The monoisotopic (exact) mass is 360 g/mol. The quantitative estimate of drug-likeness (QED) is 0.760. The third-order valence-electron chi connectivity index (χ3n) is 3.83. The van der Waals surface area contributed by atoms with E-state index in [9.17, 15) is 13.2 Å². The lowest BCUT2D eigenvalue weighted by atomic mass is 10.0. The molecule has 0 unspecified atom stereocenters. The van der Waals surface area contributed by atoms with Crippen LogP contribution in [0.4, 0.5) is 0 Å². The Hall–Kier alpha value is -2.18. The molecule has 0 saturated carbocycles. The number of sulfonamides is 1. The first-order valence-electron chi connectivity index (χ1n) is 8.29. The van der Waals surface area contributed by atoms with Crippen molar-refractivity contribution < 1.29 is 13.2 Å². The standard InChI is InChI=1S/C19H24N2O3S/c1-15(2)17-8-10-18(11-9-17)25(23,24)21-13-12-19(22)20-14-16-6-4-3-5-7-16/h3-11,15,21H,12-14H2,1-2H3,(H,20,22). The fourth-order valence-electron chi connectivity index (χ4n) is 2.30. The highest BCUT2D eigenvalue weighted by Gasteiger charge is 2.14. The van der Waals surface area contributed by atoms with Gasteiger partial charge in [-0.2, -0.15) is 0 Å². The highest BCUT2D eigenvalue weighted by atomic mass is 32.2. The van der Waals surface area contributed by atoms with Gasteiger partial charge < -0.3 is 5.32 Å². The van der Waals surface area contributed by atoms with Crippen LogP contribution in [0.15, 0.2) is 59.5 Å². The van der Waals surface area contributed by atoms with Crippen LogP contribution < -0.4 is 10.0 Å². The highest BCUT2D eigenvalue weighted by Crippen LogP contribution is 2.17. The lowest BCUT2D eigenvalue weighted by Gasteiger charge is -2.09. The second-order valence-corrected chi connectivity index (χ2v) is 7.90. The molecule has 134 valence electrons. The van der Waals surface area contributed by atoms with Crippen LogP contribution in [0.3, 0.4) is 0 Å². The van der Waals surface area contributed by atoms with Crippen molar-refractivity contribution >= 4 is 15.9 Å². The maximum Gasteiger partial charge on any atom is 0.240 e. The predicted octanol–water partition coefficient (Wildman–Crippen LogP) is 2.79. The summed E-state index contributed by atoms with van der Waals surface area (Å²) in [6.07, 6.45) is 0.0934. The van der Waals surface area contributed by atoms with Crippen LogP contribution in [0.5, 0.6) is 0 Å². The van der Waals surface area contributed by atoms with Gasteiger partial charge in [0.15, 0.2) is 0 Å². The number of benzene rings is 2. The fraction of sp³-hybridized carbons (Fsp3) is 0.316. The largest absolute Gasteiger partial charge is 0.352 e. The number of hydrogen-bond donors (Lipinski definition) is 2. The number of nitrogens with one attached hydrogen (secondary N) is 2. The van der Waals surface area contributed by atoms with E-state index in [-0.39, 0.29) is 23.8 Å². The summed E-state index contributed by atoms with van der Waals surface area (Å²) < 4.78 is 26.9. The molecule has 6 heteroatoms. The van der Waals surface area contributed by atoms with Crippen LogP contribution in [-0.4, -0.2) is 20.9 Å². The molecule has 1 amide bonds. The van der Waals surface area contributed by atoms with Gasteiger partial charge in [0, 0.05) is 19.5 Å². The molecule has 0 aromatic heterocycles. The highest BCUT2D eigenvalue weighted by molar-refractivity contribution is 7.89. The normalized spacial score (nSPS) is 11.5. The van der Waals surface area contributed by atoms with Gasteiger partial charge in [0.2, 0.25) is 15.9 Å². The molecule has 25 heavy (non-hydrogen) atoms. The second kappa shape index (κ2) is 8.78. The predicted molar refractivity (Wildman–Crippen MR) is 98.6 cm³/mol. The summed E-state index contributed by atoms with van der Waals surface area (Å²) in [5, 5.41) is 2.77. The molecule has 0 aliphatic heterocycles. The molecular formula is C19H24N2O3S. The zero-order chi connectivity index (χ0) is 18.3. The molecule has 0 bridgehead atoms. The Labute approximate surface area is 149 Å². The summed E-state index contributed by atoms with van der Waals surface area (Å²) in [6.45, 7) is 4.60. The van der Waals surface area contributed by atoms with E-state index in [1.165, 1.54) is 0 Å². The van der Waals surface area contributed by atoms with Gasteiger partial charge in [-0.05, 0) is 29.2 Å². The summed E-state index contributed by atoms with van der Waals surface area (Å²) >= 11 is 0. The van der Waals surface area contributed by atoms with E-state index >= 15 is 0 Å². The van der Waals surface area contributed by atoms with Gasteiger partial charge in [0.25, 0.3) is 0 Å². The first kappa shape index (κ1) is 19.1. The van der Waals surface area contributed by atoms with Gasteiger partial charge in [-0.25, -0.2) is 13.1 Å². The third-order valence-corrected chi connectivity index (χ3v) is 5.31. The van der Waals surface area contributed by atoms with Crippen molar-refractivity contribution in [2.24, 2.45) is 0 Å².